The Bertz CT molecular complexity index is 540. The molecule has 2 aromatic rings. The molecule has 102 valence electrons. The van der Waals surface area contributed by atoms with E-state index in [0.717, 1.165) is 24.3 Å². The van der Waals surface area contributed by atoms with Crippen molar-refractivity contribution >= 4 is 23.2 Å². The molecular weight excluding hydrogens is 264 g/mol. The lowest BCUT2D eigenvalue weighted by Gasteiger charge is -2.04. The monoisotopic (exact) mass is 280 g/mol. The number of fused-ring (bicyclic) bond motifs is 1. The predicted octanol–water partition coefficient (Wildman–Crippen LogP) is 1.80. The van der Waals surface area contributed by atoms with Crippen LogP contribution in [0.4, 0.5) is 0 Å². The Morgan fingerprint density at radius 1 is 1.32 bits per heavy atom. The molecule has 0 aromatic carbocycles. The Hall–Kier alpha value is -1.62. The molecule has 0 aliphatic heterocycles. The molecule has 0 radical (unpaired) electrons. The molecule has 2 rings (SSSR count). The SMILES string of the molecule is O=C(CCCCCl)NCCc1nnc2ccccn12. The largest absolute Gasteiger partial charge is 0.356 e. The fourth-order valence-electron chi connectivity index (χ4n) is 1.84. The summed E-state index contributed by atoms with van der Waals surface area (Å²) in [6, 6.07) is 5.76. The first kappa shape index (κ1) is 13.8. The zero-order chi connectivity index (χ0) is 13.5. The van der Waals surface area contributed by atoms with Crippen molar-refractivity contribution in [2.24, 2.45) is 0 Å². The summed E-state index contributed by atoms with van der Waals surface area (Å²) in [7, 11) is 0. The van der Waals surface area contributed by atoms with Crippen molar-refractivity contribution in [2.75, 3.05) is 12.4 Å². The third kappa shape index (κ3) is 3.92. The van der Waals surface area contributed by atoms with Crippen LogP contribution in [0.5, 0.6) is 0 Å². The number of nitrogens with one attached hydrogen (secondary N) is 1. The van der Waals surface area contributed by atoms with Crippen LogP contribution in [0.25, 0.3) is 5.65 Å². The molecule has 0 bridgehead atoms. The number of hydrogen-bond donors (Lipinski definition) is 1. The van der Waals surface area contributed by atoms with Crippen molar-refractivity contribution < 1.29 is 4.79 Å². The van der Waals surface area contributed by atoms with Gasteiger partial charge in [0.15, 0.2) is 5.65 Å². The van der Waals surface area contributed by atoms with Gasteiger partial charge in [-0.25, -0.2) is 0 Å². The van der Waals surface area contributed by atoms with Gasteiger partial charge in [-0.15, -0.1) is 21.8 Å². The van der Waals surface area contributed by atoms with Crippen molar-refractivity contribution in [1.82, 2.24) is 19.9 Å². The lowest BCUT2D eigenvalue weighted by molar-refractivity contribution is -0.121. The van der Waals surface area contributed by atoms with E-state index in [-0.39, 0.29) is 5.91 Å². The van der Waals surface area contributed by atoms with Crippen molar-refractivity contribution in [3.05, 3.63) is 30.2 Å². The second-order valence-corrected chi connectivity index (χ2v) is 4.67. The minimum atomic E-state index is 0.0685. The van der Waals surface area contributed by atoms with Crippen LogP contribution in [-0.2, 0) is 11.2 Å². The van der Waals surface area contributed by atoms with E-state index >= 15 is 0 Å². The minimum Gasteiger partial charge on any atom is -0.356 e. The highest BCUT2D eigenvalue weighted by molar-refractivity contribution is 6.17. The molecule has 2 heterocycles. The molecule has 1 N–H and O–H groups in total. The van der Waals surface area contributed by atoms with Gasteiger partial charge < -0.3 is 5.32 Å². The number of halogens is 1. The zero-order valence-corrected chi connectivity index (χ0v) is 11.4. The summed E-state index contributed by atoms with van der Waals surface area (Å²) in [4.78, 5) is 11.5. The van der Waals surface area contributed by atoms with Crippen LogP contribution in [0.2, 0.25) is 0 Å². The molecule has 0 aliphatic rings. The van der Waals surface area contributed by atoms with Crippen LogP contribution >= 0.6 is 11.6 Å². The van der Waals surface area contributed by atoms with E-state index in [2.05, 4.69) is 15.5 Å². The summed E-state index contributed by atoms with van der Waals surface area (Å²) in [5.74, 6) is 1.54. The van der Waals surface area contributed by atoms with Gasteiger partial charge in [-0.1, -0.05) is 6.07 Å². The first-order chi connectivity index (χ1) is 9.31. The van der Waals surface area contributed by atoms with Crippen LogP contribution in [0.1, 0.15) is 25.1 Å². The van der Waals surface area contributed by atoms with Gasteiger partial charge in [-0.05, 0) is 25.0 Å². The standard InChI is InChI=1S/C13H17ClN4O/c14-8-3-1-6-13(19)15-9-7-12-17-16-11-5-2-4-10-18(11)12/h2,4-5,10H,1,3,6-9H2,(H,15,19). The summed E-state index contributed by atoms with van der Waals surface area (Å²) >= 11 is 5.56. The van der Waals surface area contributed by atoms with Crippen LogP contribution < -0.4 is 5.32 Å². The Labute approximate surface area is 117 Å². The Morgan fingerprint density at radius 3 is 3.05 bits per heavy atom. The van der Waals surface area contributed by atoms with E-state index in [1.54, 1.807) is 0 Å². The van der Waals surface area contributed by atoms with E-state index in [4.69, 9.17) is 11.6 Å². The maximum atomic E-state index is 11.5. The summed E-state index contributed by atoms with van der Waals surface area (Å²) in [6.45, 7) is 0.579. The molecule has 6 heteroatoms. The minimum absolute atomic E-state index is 0.0685. The quantitative estimate of drug-likeness (QED) is 0.621. The van der Waals surface area contributed by atoms with E-state index in [9.17, 15) is 4.79 Å². The van der Waals surface area contributed by atoms with Crippen molar-refractivity contribution in [3.63, 3.8) is 0 Å². The van der Waals surface area contributed by atoms with Gasteiger partial charge in [0.25, 0.3) is 0 Å². The molecule has 0 aliphatic carbocycles. The topological polar surface area (TPSA) is 59.3 Å². The number of aromatic nitrogens is 3. The molecule has 2 aromatic heterocycles. The maximum absolute atomic E-state index is 11.5. The van der Waals surface area contributed by atoms with Crippen LogP contribution in [0.3, 0.4) is 0 Å². The fraction of sp³-hybridized carbons (Fsp3) is 0.462. The highest BCUT2D eigenvalue weighted by atomic mass is 35.5. The third-order valence-corrected chi connectivity index (χ3v) is 3.11. The van der Waals surface area contributed by atoms with E-state index in [1.165, 1.54) is 0 Å². The number of pyridine rings is 1. The Kier molecular flexibility index (Phi) is 5.15. The molecule has 0 spiro atoms. The first-order valence-electron chi connectivity index (χ1n) is 6.42. The average molecular weight is 281 g/mol. The molecule has 0 saturated heterocycles. The first-order valence-corrected chi connectivity index (χ1v) is 6.96. The van der Waals surface area contributed by atoms with Gasteiger partial charge >= 0.3 is 0 Å². The van der Waals surface area contributed by atoms with Crippen LogP contribution in [0, 0.1) is 0 Å². The highest BCUT2D eigenvalue weighted by Crippen LogP contribution is 2.03. The number of alkyl halides is 1. The van der Waals surface area contributed by atoms with E-state index < -0.39 is 0 Å². The maximum Gasteiger partial charge on any atom is 0.220 e. The van der Waals surface area contributed by atoms with Gasteiger partial charge in [0.05, 0.1) is 0 Å². The van der Waals surface area contributed by atoms with Crippen molar-refractivity contribution in [3.8, 4) is 0 Å². The van der Waals surface area contributed by atoms with Crippen LogP contribution in [0.15, 0.2) is 24.4 Å². The van der Waals surface area contributed by atoms with Crippen LogP contribution in [-0.4, -0.2) is 32.9 Å². The van der Waals surface area contributed by atoms with Gasteiger partial charge in [-0.3, -0.25) is 9.20 Å². The molecular formula is C13H17ClN4O. The molecule has 0 fully saturated rings. The number of carbonyl (C=O) groups excluding carboxylic acids is 1. The fourth-order valence-corrected chi connectivity index (χ4v) is 2.03. The molecule has 0 atom stereocenters. The Morgan fingerprint density at radius 2 is 2.21 bits per heavy atom. The van der Waals surface area contributed by atoms with Gasteiger partial charge in [0, 0.05) is 31.5 Å². The normalized spacial score (nSPS) is 10.8. The second kappa shape index (κ2) is 7.09. The van der Waals surface area contributed by atoms with Crippen molar-refractivity contribution in [2.45, 2.75) is 25.7 Å². The lowest BCUT2D eigenvalue weighted by atomic mass is 10.2. The second-order valence-electron chi connectivity index (χ2n) is 4.29. The summed E-state index contributed by atoms with van der Waals surface area (Å²) < 4.78 is 1.93. The van der Waals surface area contributed by atoms with Gasteiger partial charge in [0.2, 0.25) is 5.91 Å². The third-order valence-electron chi connectivity index (χ3n) is 2.84. The molecule has 0 unspecified atom stereocenters. The number of unbranched alkanes of at least 4 members (excludes halogenated alkanes) is 1. The summed E-state index contributed by atoms with van der Waals surface area (Å²) in [5.41, 5.74) is 0.825. The Balaban J connectivity index is 1.78. The number of rotatable bonds is 7. The molecule has 1 amide bonds. The van der Waals surface area contributed by atoms with E-state index in [0.29, 0.717) is 25.3 Å². The summed E-state index contributed by atoms with van der Waals surface area (Å²) in [6.07, 6.45) is 4.85. The molecule has 0 saturated carbocycles. The predicted molar refractivity (Wildman–Crippen MR) is 74.3 cm³/mol. The molecule has 19 heavy (non-hydrogen) atoms. The van der Waals surface area contributed by atoms with Gasteiger partial charge in [-0.2, -0.15) is 0 Å². The smallest absolute Gasteiger partial charge is 0.220 e. The molecule has 5 nitrogen and oxygen atoms in total. The number of carbonyl (C=O) groups is 1. The number of nitrogens with zero attached hydrogens (tertiary/aromatic N) is 3. The van der Waals surface area contributed by atoms with Crippen molar-refractivity contribution in [1.29, 1.82) is 0 Å². The lowest BCUT2D eigenvalue weighted by Crippen LogP contribution is -2.25. The highest BCUT2D eigenvalue weighted by Gasteiger charge is 2.05. The summed E-state index contributed by atoms with van der Waals surface area (Å²) in [5, 5.41) is 11.1. The van der Waals surface area contributed by atoms with Gasteiger partial charge in [0.1, 0.15) is 5.82 Å². The van der Waals surface area contributed by atoms with E-state index in [1.807, 2.05) is 28.8 Å². The zero-order valence-electron chi connectivity index (χ0n) is 10.7. The number of amides is 1. The number of hydrogen-bond acceptors (Lipinski definition) is 3. The average Bonchev–Trinajstić information content (AvgIpc) is 2.83.